The second-order valence-corrected chi connectivity index (χ2v) is 4.39. The minimum absolute atomic E-state index is 0.800. The van der Waals surface area contributed by atoms with E-state index in [1.807, 2.05) is 12.4 Å². The van der Waals surface area contributed by atoms with Gasteiger partial charge < -0.3 is 5.32 Å². The molecule has 0 saturated carbocycles. The number of nitrogens with one attached hydrogen (secondary N) is 1. The smallest absolute Gasteiger partial charge is 0.132 e. The van der Waals surface area contributed by atoms with Crippen molar-refractivity contribution >= 4 is 0 Å². The highest BCUT2D eigenvalue weighted by atomic mass is 14.9. The van der Waals surface area contributed by atoms with Gasteiger partial charge in [0, 0.05) is 30.9 Å². The van der Waals surface area contributed by atoms with Crippen LogP contribution in [-0.2, 0) is 13.0 Å². The largest absolute Gasteiger partial charge is 0.313 e. The predicted molar refractivity (Wildman–Crippen MR) is 73.4 cm³/mol. The summed E-state index contributed by atoms with van der Waals surface area (Å²) in [5.41, 5.74) is 3.71. The topological polar surface area (TPSA) is 37.8 Å². The maximum atomic E-state index is 4.42. The number of nitrogens with zero attached hydrogens (tertiary/aromatic N) is 2. The van der Waals surface area contributed by atoms with E-state index in [2.05, 4.69) is 53.4 Å². The van der Waals surface area contributed by atoms with Crippen LogP contribution < -0.4 is 5.32 Å². The Morgan fingerprint density at radius 2 is 1.83 bits per heavy atom. The van der Waals surface area contributed by atoms with E-state index in [4.69, 9.17) is 0 Å². The highest BCUT2D eigenvalue weighted by Gasteiger charge is 2.02. The van der Waals surface area contributed by atoms with Crippen LogP contribution >= 0.6 is 0 Å². The third-order valence-electron chi connectivity index (χ3n) is 2.95. The number of aryl methyl sites for hydroxylation is 1. The van der Waals surface area contributed by atoms with E-state index in [1.54, 1.807) is 0 Å². The van der Waals surface area contributed by atoms with Crippen LogP contribution in [0, 0.1) is 6.92 Å². The van der Waals surface area contributed by atoms with Crippen molar-refractivity contribution in [3.05, 3.63) is 59.2 Å². The molecule has 0 bridgehead atoms. The van der Waals surface area contributed by atoms with E-state index >= 15 is 0 Å². The molecule has 18 heavy (non-hydrogen) atoms. The summed E-state index contributed by atoms with van der Waals surface area (Å²) >= 11 is 0. The highest BCUT2D eigenvalue weighted by Crippen LogP contribution is 2.10. The Kier molecular flexibility index (Phi) is 4.42. The molecule has 1 N–H and O–H groups in total. The summed E-state index contributed by atoms with van der Waals surface area (Å²) < 4.78 is 0. The molecule has 0 unspecified atom stereocenters. The zero-order chi connectivity index (χ0) is 12.8. The predicted octanol–water partition coefficient (Wildman–Crippen LogP) is 2.49. The van der Waals surface area contributed by atoms with Gasteiger partial charge in [-0.2, -0.15) is 0 Å². The van der Waals surface area contributed by atoms with Crippen molar-refractivity contribution in [2.24, 2.45) is 0 Å². The fourth-order valence-electron chi connectivity index (χ4n) is 1.81. The van der Waals surface area contributed by atoms with Gasteiger partial charge in [0.25, 0.3) is 0 Å². The molecule has 0 atom stereocenters. The summed E-state index contributed by atoms with van der Waals surface area (Å²) in [4.78, 5) is 8.83. The van der Waals surface area contributed by atoms with Crippen molar-refractivity contribution in [2.75, 3.05) is 6.54 Å². The van der Waals surface area contributed by atoms with Crippen LogP contribution in [0.4, 0.5) is 0 Å². The number of benzene rings is 1. The van der Waals surface area contributed by atoms with Gasteiger partial charge in [0.2, 0.25) is 0 Å². The third-order valence-corrected chi connectivity index (χ3v) is 2.95. The molecular weight excluding hydrogens is 222 g/mol. The van der Waals surface area contributed by atoms with Crippen LogP contribution in [0.15, 0.2) is 36.7 Å². The summed E-state index contributed by atoms with van der Waals surface area (Å²) in [7, 11) is 0. The first-order valence-corrected chi connectivity index (χ1v) is 6.34. The Morgan fingerprint density at radius 3 is 2.50 bits per heavy atom. The summed E-state index contributed by atoms with van der Waals surface area (Å²) in [5, 5.41) is 3.26. The molecular formula is C15H19N3. The summed E-state index contributed by atoms with van der Waals surface area (Å²) in [6.45, 7) is 6.01. The van der Waals surface area contributed by atoms with Gasteiger partial charge in [-0.05, 0) is 24.6 Å². The van der Waals surface area contributed by atoms with Crippen LogP contribution in [-0.4, -0.2) is 16.5 Å². The summed E-state index contributed by atoms with van der Waals surface area (Å²) in [5.74, 6) is 0.879. The molecule has 94 valence electrons. The van der Waals surface area contributed by atoms with Crippen LogP contribution in [0.25, 0.3) is 0 Å². The Labute approximate surface area is 108 Å². The monoisotopic (exact) mass is 241 g/mol. The average molecular weight is 241 g/mol. The first-order valence-electron chi connectivity index (χ1n) is 6.34. The lowest BCUT2D eigenvalue weighted by atomic mass is 10.1. The van der Waals surface area contributed by atoms with Crippen molar-refractivity contribution in [3.63, 3.8) is 0 Å². The Bertz CT molecular complexity index is 491. The lowest BCUT2D eigenvalue weighted by Gasteiger charge is -2.05. The van der Waals surface area contributed by atoms with Crippen molar-refractivity contribution < 1.29 is 0 Å². The van der Waals surface area contributed by atoms with Crippen molar-refractivity contribution in [2.45, 2.75) is 26.8 Å². The van der Waals surface area contributed by atoms with Gasteiger partial charge in [0.05, 0.1) is 0 Å². The molecule has 3 heteroatoms. The molecule has 0 radical (unpaired) electrons. The fraction of sp³-hybridized carbons (Fsp3) is 0.333. The van der Waals surface area contributed by atoms with Crippen molar-refractivity contribution in [1.82, 2.24) is 15.3 Å². The lowest BCUT2D eigenvalue weighted by Crippen LogP contribution is -2.12. The third kappa shape index (κ3) is 3.37. The molecule has 2 rings (SSSR count). The number of hydrogen-bond acceptors (Lipinski definition) is 3. The van der Waals surface area contributed by atoms with Crippen molar-refractivity contribution in [3.8, 4) is 0 Å². The SMILES string of the molecule is CCNCc1cnc(Cc2ccccc2C)nc1. The lowest BCUT2D eigenvalue weighted by molar-refractivity contribution is 0.718. The molecule has 2 aromatic rings. The molecule has 0 amide bonds. The summed E-state index contributed by atoms with van der Waals surface area (Å²) in [6.07, 6.45) is 4.61. The molecule has 0 saturated heterocycles. The van der Waals surface area contributed by atoms with Gasteiger partial charge in [-0.3, -0.25) is 0 Å². The quantitative estimate of drug-likeness (QED) is 0.874. The average Bonchev–Trinajstić information content (AvgIpc) is 2.41. The van der Waals surface area contributed by atoms with Crippen LogP contribution in [0.1, 0.15) is 29.4 Å². The molecule has 1 aromatic carbocycles. The van der Waals surface area contributed by atoms with Gasteiger partial charge in [-0.1, -0.05) is 31.2 Å². The number of hydrogen-bond donors (Lipinski definition) is 1. The fourth-order valence-corrected chi connectivity index (χ4v) is 1.81. The first kappa shape index (κ1) is 12.7. The van der Waals surface area contributed by atoms with E-state index < -0.39 is 0 Å². The van der Waals surface area contributed by atoms with E-state index in [0.29, 0.717) is 0 Å². The van der Waals surface area contributed by atoms with Gasteiger partial charge in [-0.25, -0.2) is 9.97 Å². The van der Waals surface area contributed by atoms with Gasteiger partial charge in [0.15, 0.2) is 0 Å². The van der Waals surface area contributed by atoms with Crippen molar-refractivity contribution in [1.29, 1.82) is 0 Å². The van der Waals surface area contributed by atoms with Gasteiger partial charge in [0.1, 0.15) is 5.82 Å². The van der Waals surface area contributed by atoms with Crippen LogP contribution in [0.2, 0.25) is 0 Å². The normalized spacial score (nSPS) is 10.6. The molecule has 0 spiro atoms. The van der Waals surface area contributed by atoms with E-state index in [9.17, 15) is 0 Å². The minimum atomic E-state index is 0.800. The molecule has 0 fully saturated rings. The highest BCUT2D eigenvalue weighted by molar-refractivity contribution is 5.28. The van der Waals surface area contributed by atoms with Gasteiger partial charge >= 0.3 is 0 Å². The molecule has 1 heterocycles. The first-order chi connectivity index (χ1) is 8.79. The zero-order valence-corrected chi connectivity index (χ0v) is 11.0. The van der Waals surface area contributed by atoms with E-state index in [1.165, 1.54) is 11.1 Å². The van der Waals surface area contributed by atoms with E-state index in [-0.39, 0.29) is 0 Å². The second kappa shape index (κ2) is 6.26. The number of rotatable bonds is 5. The van der Waals surface area contributed by atoms with Crippen LogP contribution in [0.5, 0.6) is 0 Å². The van der Waals surface area contributed by atoms with Crippen LogP contribution in [0.3, 0.4) is 0 Å². The minimum Gasteiger partial charge on any atom is -0.313 e. The molecule has 0 aliphatic rings. The summed E-state index contributed by atoms with van der Waals surface area (Å²) in [6, 6.07) is 8.36. The molecule has 3 nitrogen and oxygen atoms in total. The molecule has 0 aliphatic carbocycles. The molecule has 1 aromatic heterocycles. The molecule has 0 aliphatic heterocycles. The maximum Gasteiger partial charge on any atom is 0.132 e. The Balaban J connectivity index is 2.04. The maximum absolute atomic E-state index is 4.42. The standard InChI is InChI=1S/C15H19N3/c1-3-16-9-13-10-17-15(18-11-13)8-14-7-5-4-6-12(14)2/h4-7,10-11,16H,3,8-9H2,1-2H3. The zero-order valence-electron chi connectivity index (χ0n) is 11.0. The van der Waals surface area contributed by atoms with Gasteiger partial charge in [-0.15, -0.1) is 0 Å². The Morgan fingerprint density at radius 1 is 1.11 bits per heavy atom. The number of aromatic nitrogens is 2. The second-order valence-electron chi connectivity index (χ2n) is 4.39. The Hall–Kier alpha value is -1.74. The van der Waals surface area contributed by atoms with E-state index in [0.717, 1.165) is 30.9 Å².